The number of alkyl halides is 6. The summed E-state index contributed by atoms with van der Waals surface area (Å²) >= 11 is 6.02. The molecule has 0 atom stereocenters. The minimum Gasteiger partial charge on any atom is -0.488 e. The SMILES string of the molecule is O=C(O)c1cc(C(F)(F)F)cc(C2=C(c3cc(C(F)(F)F)ccc3OCc3ccc(F)cc3Cl)CCC2)n1. The van der Waals surface area contributed by atoms with E-state index >= 15 is 0 Å². The summed E-state index contributed by atoms with van der Waals surface area (Å²) < 4.78 is 100. The normalized spacial score (nSPS) is 14.2. The Morgan fingerprint density at radius 2 is 1.61 bits per heavy atom. The second-order valence-electron chi connectivity index (χ2n) is 8.47. The summed E-state index contributed by atoms with van der Waals surface area (Å²) in [6, 6.07) is 7.31. The van der Waals surface area contributed by atoms with Crippen molar-refractivity contribution in [2.75, 3.05) is 0 Å². The largest absolute Gasteiger partial charge is 0.488 e. The van der Waals surface area contributed by atoms with Crippen molar-refractivity contribution < 1.29 is 45.4 Å². The minimum atomic E-state index is -4.87. The van der Waals surface area contributed by atoms with Crippen molar-refractivity contribution in [2.45, 2.75) is 38.2 Å². The highest BCUT2D eigenvalue weighted by molar-refractivity contribution is 6.31. The van der Waals surface area contributed by atoms with Crippen LogP contribution in [-0.2, 0) is 19.0 Å². The van der Waals surface area contributed by atoms with E-state index in [0.29, 0.717) is 24.1 Å². The number of carbonyl (C=O) groups is 1. The Hall–Kier alpha value is -3.60. The van der Waals surface area contributed by atoms with Crippen molar-refractivity contribution in [3.63, 3.8) is 0 Å². The highest BCUT2D eigenvalue weighted by atomic mass is 35.5. The first-order chi connectivity index (χ1) is 17.7. The van der Waals surface area contributed by atoms with Gasteiger partial charge < -0.3 is 9.84 Å². The van der Waals surface area contributed by atoms with E-state index in [9.17, 15) is 40.6 Å². The lowest BCUT2D eigenvalue weighted by Gasteiger charge is -2.18. The Kier molecular flexibility index (Phi) is 7.42. The van der Waals surface area contributed by atoms with E-state index in [2.05, 4.69) is 4.98 Å². The number of nitrogens with zero attached hydrogens (tertiary/aromatic N) is 1. The van der Waals surface area contributed by atoms with Crippen molar-refractivity contribution in [1.29, 1.82) is 0 Å². The van der Waals surface area contributed by atoms with E-state index in [1.807, 2.05) is 0 Å². The Morgan fingerprint density at radius 3 is 2.24 bits per heavy atom. The van der Waals surface area contributed by atoms with Crippen molar-refractivity contribution >= 4 is 28.7 Å². The van der Waals surface area contributed by atoms with Crippen molar-refractivity contribution in [1.82, 2.24) is 4.98 Å². The molecule has 1 heterocycles. The van der Waals surface area contributed by atoms with Gasteiger partial charge in [0.15, 0.2) is 0 Å². The van der Waals surface area contributed by atoms with Gasteiger partial charge in [0.25, 0.3) is 0 Å². The molecule has 1 aromatic heterocycles. The van der Waals surface area contributed by atoms with E-state index in [-0.39, 0.29) is 52.6 Å². The summed E-state index contributed by atoms with van der Waals surface area (Å²) in [6.45, 7) is -0.231. The second-order valence-corrected chi connectivity index (χ2v) is 8.88. The molecule has 38 heavy (non-hydrogen) atoms. The molecule has 2 aromatic carbocycles. The molecule has 0 fully saturated rings. The van der Waals surface area contributed by atoms with Crippen molar-refractivity contribution in [3.8, 4) is 5.75 Å². The first kappa shape index (κ1) is 27.4. The van der Waals surface area contributed by atoms with Gasteiger partial charge in [-0.3, -0.25) is 0 Å². The predicted octanol–water partition coefficient (Wildman–Crippen LogP) is 8.28. The maximum atomic E-state index is 13.6. The number of pyridine rings is 1. The molecule has 0 amide bonds. The number of rotatable bonds is 6. The smallest absolute Gasteiger partial charge is 0.416 e. The number of benzene rings is 2. The van der Waals surface area contributed by atoms with Gasteiger partial charge in [-0.2, -0.15) is 26.3 Å². The number of aromatic nitrogens is 1. The standard InChI is InChI=1S/C26H17ClF7NO3/c27-20-11-16(28)6-4-13(20)12-38-23-7-5-14(25(29,30)31)8-19(23)17-2-1-3-18(17)21-9-15(26(32,33)34)10-22(35-21)24(36)37/h4-11H,1-3,12H2,(H,36,37). The quantitative estimate of drug-likeness (QED) is 0.309. The molecule has 0 spiro atoms. The number of ether oxygens (including phenoxy) is 1. The third-order valence-corrected chi connectivity index (χ3v) is 6.28. The lowest BCUT2D eigenvalue weighted by molar-refractivity contribution is -0.138. The summed E-state index contributed by atoms with van der Waals surface area (Å²) in [4.78, 5) is 15.3. The molecule has 0 aliphatic heterocycles. The Balaban J connectivity index is 1.85. The zero-order valence-corrected chi connectivity index (χ0v) is 19.9. The van der Waals surface area contributed by atoms with E-state index in [1.54, 1.807) is 0 Å². The van der Waals surface area contributed by atoms with Crippen LogP contribution in [0.4, 0.5) is 30.7 Å². The van der Waals surface area contributed by atoms with Crippen LogP contribution in [0.25, 0.3) is 11.1 Å². The first-order valence-electron chi connectivity index (χ1n) is 11.1. The summed E-state index contributed by atoms with van der Waals surface area (Å²) in [7, 11) is 0. The van der Waals surface area contributed by atoms with E-state index in [1.165, 1.54) is 6.07 Å². The summed E-state index contributed by atoms with van der Waals surface area (Å²) in [6.07, 6.45) is -8.88. The van der Waals surface area contributed by atoms with Crippen LogP contribution in [0.5, 0.6) is 5.75 Å². The fourth-order valence-electron chi connectivity index (χ4n) is 4.14. The Labute approximate surface area is 216 Å². The van der Waals surface area contributed by atoms with Gasteiger partial charge in [-0.25, -0.2) is 14.2 Å². The van der Waals surface area contributed by atoms with Gasteiger partial charge in [0, 0.05) is 11.1 Å². The topological polar surface area (TPSA) is 59.4 Å². The minimum absolute atomic E-state index is 0.0155. The molecule has 200 valence electrons. The average molecular weight is 560 g/mol. The zero-order valence-electron chi connectivity index (χ0n) is 19.2. The molecule has 3 aromatic rings. The first-order valence-corrected chi connectivity index (χ1v) is 11.4. The number of carboxylic acids is 1. The maximum Gasteiger partial charge on any atom is 0.416 e. The molecule has 1 aliphatic rings. The van der Waals surface area contributed by atoms with Gasteiger partial charge >= 0.3 is 18.3 Å². The van der Waals surface area contributed by atoms with Gasteiger partial charge in [-0.05, 0) is 72.9 Å². The Bertz CT molecular complexity index is 1430. The van der Waals surface area contributed by atoms with Crippen LogP contribution in [0.15, 0.2) is 48.5 Å². The molecule has 1 N–H and O–H groups in total. The molecule has 0 saturated carbocycles. The van der Waals surface area contributed by atoms with Crippen LogP contribution in [0.2, 0.25) is 5.02 Å². The lowest BCUT2D eigenvalue weighted by Crippen LogP contribution is -2.11. The number of aromatic carboxylic acids is 1. The third kappa shape index (κ3) is 5.93. The van der Waals surface area contributed by atoms with Gasteiger partial charge in [-0.15, -0.1) is 0 Å². The fourth-order valence-corrected chi connectivity index (χ4v) is 4.37. The molecule has 0 unspecified atom stereocenters. The van der Waals surface area contributed by atoms with Crippen LogP contribution < -0.4 is 4.74 Å². The monoisotopic (exact) mass is 559 g/mol. The van der Waals surface area contributed by atoms with E-state index in [0.717, 1.165) is 30.3 Å². The van der Waals surface area contributed by atoms with Crippen LogP contribution in [0.3, 0.4) is 0 Å². The molecule has 0 saturated heterocycles. The van der Waals surface area contributed by atoms with Crippen LogP contribution >= 0.6 is 11.6 Å². The molecule has 1 aliphatic carbocycles. The molecule has 0 radical (unpaired) electrons. The number of hydrogen-bond donors (Lipinski definition) is 1. The van der Waals surface area contributed by atoms with Gasteiger partial charge in [0.05, 0.1) is 21.8 Å². The number of hydrogen-bond acceptors (Lipinski definition) is 3. The molecule has 4 rings (SSSR count). The highest BCUT2D eigenvalue weighted by Gasteiger charge is 2.35. The molecular formula is C26H17ClF7NO3. The number of allylic oxidation sites excluding steroid dienone is 2. The van der Waals surface area contributed by atoms with Gasteiger partial charge in [-0.1, -0.05) is 17.7 Å². The third-order valence-electron chi connectivity index (χ3n) is 5.93. The van der Waals surface area contributed by atoms with Crippen molar-refractivity contribution in [2.24, 2.45) is 0 Å². The van der Waals surface area contributed by atoms with Gasteiger partial charge in [0.1, 0.15) is 23.9 Å². The molecule has 0 bridgehead atoms. The van der Waals surface area contributed by atoms with Gasteiger partial charge in [0.2, 0.25) is 0 Å². The van der Waals surface area contributed by atoms with Crippen LogP contribution in [0.1, 0.15) is 57.7 Å². The van der Waals surface area contributed by atoms with Crippen molar-refractivity contribution in [3.05, 3.63) is 93.0 Å². The van der Waals surface area contributed by atoms with Crippen LogP contribution in [-0.4, -0.2) is 16.1 Å². The molecule has 12 heteroatoms. The fraction of sp³-hybridized carbons (Fsp3) is 0.231. The highest BCUT2D eigenvalue weighted by Crippen LogP contribution is 2.45. The Morgan fingerprint density at radius 1 is 0.921 bits per heavy atom. The average Bonchev–Trinajstić information content (AvgIpc) is 3.32. The van der Waals surface area contributed by atoms with E-state index < -0.39 is 41.0 Å². The molecular weight excluding hydrogens is 543 g/mol. The summed E-state index contributed by atoms with van der Waals surface area (Å²) in [5, 5.41) is 9.32. The van der Waals surface area contributed by atoms with E-state index in [4.69, 9.17) is 16.3 Å². The summed E-state index contributed by atoms with van der Waals surface area (Å²) in [5.74, 6) is -2.29. The number of carboxylic acid groups (broad SMARTS) is 1. The predicted molar refractivity (Wildman–Crippen MR) is 124 cm³/mol. The second kappa shape index (κ2) is 10.3. The summed E-state index contributed by atoms with van der Waals surface area (Å²) in [5.41, 5.74) is -2.64. The molecule has 4 nitrogen and oxygen atoms in total. The van der Waals surface area contributed by atoms with Crippen LogP contribution in [0, 0.1) is 5.82 Å². The number of halogens is 8. The lowest BCUT2D eigenvalue weighted by atomic mass is 9.96. The zero-order chi connectivity index (χ0) is 27.8. The maximum absolute atomic E-state index is 13.6.